The Morgan fingerprint density at radius 1 is 1.35 bits per heavy atom. The quantitative estimate of drug-likeness (QED) is 0.708. The number of anilines is 1. The molecule has 26 heavy (non-hydrogen) atoms. The van der Waals surface area contributed by atoms with Crippen molar-refractivity contribution in [3.05, 3.63) is 29.8 Å². The van der Waals surface area contributed by atoms with Gasteiger partial charge in [0.2, 0.25) is 0 Å². The molecule has 1 aromatic carbocycles. The molecule has 0 aliphatic carbocycles. The van der Waals surface area contributed by atoms with Crippen molar-refractivity contribution in [2.45, 2.75) is 38.8 Å². The van der Waals surface area contributed by atoms with Crippen molar-refractivity contribution in [2.75, 3.05) is 18.9 Å². The molecule has 0 amide bonds. The van der Waals surface area contributed by atoms with Gasteiger partial charge >= 0.3 is 5.97 Å². The van der Waals surface area contributed by atoms with Crippen LogP contribution in [0, 0.1) is 0 Å². The number of aryl methyl sites for hydroxylation is 1. The summed E-state index contributed by atoms with van der Waals surface area (Å²) in [7, 11) is 0. The van der Waals surface area contributed by atoms with Crippen LogP contribution in [0.25, 0.3) is 22.2 Å². The van der Waals surface area contributed by atoms with Crippen LogP contribution in [0.4, 0.5) is 5.82 Å². The van der Waals surface area contributed by atoms with Gasteiger partial charge in [0.25, 0.3) is 0 Å². The van der Waals surface area contributed by atoms with Crippen molar-refractivity contribution in [3.63, 3.8) is 0 Å². The minimum atomic E-state index is -0.470. The Balaban J connectivity index is 1.77. The number of esters is 1. The fraction of sp³-hybridized carbons (Fsp3) is 0.421. The summed E-state index contributed by atoms with van der Waals surface area (Å²) in [5.41, 5.74) is 9.20. The molecule has 0 saturated carbocycles. The average molecular weight is 354 g/mol. The minimum Gasteiger partial charge on any atom is -0.459 e. The molecule has 2 N–H and O–H groups in total. The molecular formula is C19H22N4O3. The number of nitrogen functional groups attached to an aromatic ring is 1. The molecule has 3 heterocycles. The van der Waals surface area contributed by atoms with E-state index in [2.05, 4.69) is 16.9 Å². The zero-order valence-corrected chi connectivity index (χ0v) is 14.8. The van der Waals surface area contributed by atoms with Crippen molar-refractivity contribution >= 4 is 34.0 Å². The van der Waals surface area contributed by atoms with Crippen molar-refractivity contribution in [1.82, 2.24) is 14.5 Å². The lowest BCUT2D eigenvalue weighted by Gasteiger charge is -2.10. The number of nitrogens with two attached hydrogens (primary N) is 1. The Morgan fingerprint density at radius 3 is 2.81 bits per heavy atom. The highest BCUT2D eigenvalue weighted by Crippen LogP contribution is 2.29. The number of nitrogens with zero attached hydrogens (tertiary/aromatic N) is 3. The van der Waals surface area contributed by atoms with E-state index in [-0.39, 0.29) is 12.7 Å². The van der Waals surface area contributed by atoms with E-state index in [1.807, 2.05) is 28.8 Å². The van der Waals surface area contributed by atoms with Gasteiger partial charge in [-0.25, -0.2) is 14.8 Å². The van der Waals surface area contributed by atoms with Gasteiger partial charge in [0.15, 0.2) is 5.65 Å². The summed E-state index contributed by atoms with van der Waals surface area (Å²) in [6.45, 7) is 3.67. The van der Waals surface area contributed by atoms with Crippen LogP contribution in [-0.2, 0) is 16.0 Å². The lowest BCUT2D eigenvalue weighted by atomic mass is 10.2. The summed E-state index contributed by atoms with van der Waals surface area (Å²) in [6, 6.07) is 7.58. The normalized spacial score (nSPS) is 17.2. The van der Waals surface area contributed by atoms with E-state index in [1.165, 1.54) is 0 Å². The van der Waals surface area contributed by atoms with Gasteiger partial charge in [0.1, 0.15) is 23.5 Å². The number of benzene rings is 1. The van der Waals surface area contributed by atoms with Crippen LogP contribution in [0.5, 0.6) is 0 Å². The topological polar surface area (TPSA) is 92.3 Å². The number of hydrogen-bond acceptors (Lipinski definition) is 6. The molecular weight excluding hydrogens is 332 g/mol. The van der Waals surface area contributed by atoms with Crippen LogP contribution in [0.15, 0.2) is 24.3 Å². The molecule has 1 atom stereocenters. The fourth-order valence-corrected chi connectivity index (χ4v) is 3.38. The first-order valence-corrected chi connectivity index (χ1v) is 9.02. The summed E-state index contributed by atoms with van der Waals surface area (Å²) < 4.78 is 12.8. The van der Waals surface area contributed by atoms with Gasteiger partial charge in [-0.2, -0.15) is 0 Å². The third-order valence-electron chi connectivity index (χ3n) is 4.67. The molecule has 7 nitrogen and oxygen atoms in total. The number of carbonyl (C=O) groups is 1. The monoisotopic (exact) mass is 354 g/mol. The molecule has 0 bridgehead atoms. The zero-order valence-electron chi connectivity index (χ0n) is 14.8. The smallest absolute Gasteiger partial charge is 0.344 e. The van der Waals surface area contributed by atoms with E-state index in [0.717, 1.165) is 36.9 Å². The molecule has 0 unspecified atom stereocenters. The second kappa shape index (κ2) is 6.92. The van der Waals surface area contributed by atoms with Gasteiger partial charge in [-0.3, -0.25) is 0 Å². The van der Waals surface area contributed by atoms with Gasteiger partial charge in [-0.05, 0) is 31.4 Å². The molecule has 1 aliphatic rings. The maximum absolute atomic E-state index is 12.8. The lowest BCUT2D eigenvalue weighted by Crippen LogP contribution is -2.18. The van der Waals surface area contributed by atoms with Crippen LogP contribution >= 0.6 is 0 Å². The van der Waals surface area contributed by atoms with E-state index < -0.39 is 5.97 Å². The Hall–Kier alpha value is -2.67. The molecule has 7 heteroatoms. The first-order valence-electron chi connectivity index (χ1n) is 9.02. The summed E-state index contributed by atoms with van der Waals surface area (Å²) >= 11 is 0. The Labute approximate surface area is 151 Å². The Bertz CT molecular complexity index is 960. The lowest BCUT2D eigenvalue weighted by molar-refractivity contribution is 0.0163. The highest BCUT2D eigenvalue weighted by molar-refractivity contribution is 6.08. The predicted octanol–water partition coefficient (Wildman–Crippen LogP) is 2.91. The Kier molecular flexibility index (Phi) is 4.46. The van der Waals surface area contributed by atoms with Gasteiger partial charge in [0, 0.05) is 13.2 Å². The Morgan fingerprint density at radius 2 is 2.12 bits per heavy atom. The van der Waals surface area contributed by atoms with Crippen molar-refractivity contribution < 1.29 is 14.3 Å². The number of rotatable bonds is 5. The van der Waals surface area contributed by atoms with Crippen molar-refractivity contribution in [2.24, 2.45) is 0 Å². The highest BCUT2D eigenvalue weighted by atomic mass is 16.6. The first-order chi connectivity index (χ1) is 12.7. The molecule has 4 rings (SSSR count). The van der Waals surface area contributed by atoms with E-state index >= 15 is 0 Å². The van der Waals surface area contributed by atoms with Gasteiger partial charge in [-0.1, -0.05) is 19.1 Å². The fourth-order valence-electron chi connectivity index (χ4n) is 3.38. The van der Waals surface area contributed by atoms with Gasteiger partial charge in [0.05, 0.1) is 17.1 Å². The predicted molar refractivity (Wildman–Crippen MR) is 99.0 cm³/mol. The number of ether oxygens (including phenoxy) is 2. The molecule has 1 saturated heterocycles. The maximum atomic E-state index is 12.8. The number of carbonyl (C=O) groups excluding carboxylic acids is 1. The van der Waals surface area contributed by atoms with Crippen LogP contribution in [0.2, 0.25) is 0 Å². The molecule has 1 aliphatic heterocycles. The first kappa shape index (κ1) is 16.8. The van der Waals surface area contributed by atoms with Crippen LogP contribution in [-0.4, -0.2) is 39.8 Å². The van der Waals surface area contributed by atoms with Crippen LogP contribution in [0.1, 0.15) is 36.5 Å². The van der Waals surface area contributed by atoms with Crippen molar-refractivity contribution in [3.8, 4) is 0 Å². The van der Waals surface area contributed by atoms with E-state index in [0.29, 0.717) is 29.1 Å². The number of fused-ring (bicyclic) bond motifs is 2. The van der Waals surface area contributed by atoms with E-state index in [1.54, 1.807) is 0 Å². The SMILES string of the molecule is CCCn1c(N)c(C(=O)OC[C@@H]2CCCO2)c2nc3ccccc3nc21. The summed E-state index contributed by atoms with van der Waals surface area (Å²) in [6.07, 6.45) is 2.74. The van der Waals surface area contributed by atoms with E-state index in [4.69, 9.17) is 15.2 Å². The molecule has 3 aromatic rings. The summed E-state index contributed by atoms with van der Waals surface area (Å²) in [4.78, 5) is 22.1. The molecule has 0 radical (unpaired) electrons. The van der Waals surface area contributed by atoms with Crippen LogP contribution in [0.3, 0.4) is 0 Å². The molecule has 2 aromatic heterocycles. The molecule has 0 spiro atoms. The minimum absolute atomic E-state index is 0.0314. The molecule has 136 valence electrons. The largest absolute Gasteiger partial charge is 0.459 e. The number of hydrogen-bond donors (Lipinski definition) is 1. The molecule has 1 fully saturated rings. The van der Waals surface area contributed by atoms with Gasteiger partial charge < -0.3 is 19.8 Å². The second-order valence-corrected chi connectivity index (χ2v) is 6.53. The summed E-state index contributed by atoms with van der Waals surface area (Å²) in [5.74, 6) is -0.114. The highest BCUT2D eigenvalue weighted by Gasteiger charge is 2.26. The van der Waals surface area contributed by atoms with E-state index in [9.17, 15) is 4.79 Å². The van der Waals surface area contributed by atoms with Crippen molar-refractivity contribution in [1.29, 1.82) is 0 Å². The van der Waals surface area contributed by atoms with Gasteiger partial charge in [-0.15, -0.1) is 0 Å². The zero-order chi connectivity index (χ0) is 18.1. The number of para-hydroxylation sites is 2. The standard InChI is InChI=1S/C19H22N4O3/c1-2-9-23-17(20)15(19(24)26-11-12-6-5-10-25-12)16-18(23)22-14-8-4-3-7-13(14)21-16/h3-4,7-8,12H,2,5-6,9-11,20H2,1H3/t12-/m0/s1. The summed E-state index contributed by atoms with van der Waals surface area (Å²) in [5, 5.41) is 0. The average Bonchev–Trinajstić information content (AvgIpc) is 3.25. The second-order valence-electron chi connectivity index (χ2n) is 6.53. The number of aromatic nitrogens is 3. The maximum Gasteiger partial charge on any atom is 0.344 e. The third-order valence-corrected chi connectivity index (χ3v) is 4.67. The third kappa shape index (κ3) is 2.88. The van der Waals surface area contributed by atoms with Crippen LogP contribution < -0.4 is 5.73 Å².